The molecule has 6 nitrogen and oxygen atoms in total. The number of carbonyl (C=O) groups is 1. The molecule has 0 spiro atoms. The van der Waals surface area contributed by atoms with Gasteiger partial charge in [0.2, 0.25) is 5.91 Å². The van der Waals surface area contributed by atoms with Crippen LogP contribution in [0.4, 0.5) is 0 Å². The molecule has 2 aliphatic heterocycles. The highest BCUT2D eigenvalue weighted by Gasteiger charge is 2.38. The number of methoxy groups -OCH3 is 1. The van der Waals surface area contributed by atoms with Crippen molar-refractivity contribution in [2.75, 3.05) is 26.8 Å². The lowest BCUT2D eigenvalue weighted by atomic mass is 9.93. The van der Waals surface area contributed by atoms with E-state index in [1.807, 2.05) is 34.7 Å². The van der Waals surface area contributed by atoms with Gasteiger partial charge in [0, 0.05) is 18.8 Å². The third-order valence-electron chi connectivity index (χ3n) is 5.09. The van der Waals surface area contributed by atoms with Crippen LogP contribution in [0.2, 0.25) is 0 Å². The SMILES string of the molecule is COc1cccc2c1OC[C@H](C(=O)N1CC(n3nc(C)cc3C)C1)C2. The largest absolute Gasteiger partial charge is 0.493 e. The number of benzene rings is 1. The maximum Gasteiger partial charge on any atom is 0.229 e. The molecule has 2 aromatic rings. The van der Waals surface area contributed by atoms with E-state index in [1.54, 1.807) is 7.11 Å². The minimum atomic E-state index is -0.124. The van der Waals surface area contributed by atoms with Crippen LogP contribution in [-0.4, -0.2) is 47.4 Å². The predicted octanol–water partition coefficient (Wildman–Crippen LogP) is 2.14. The van der Waals surface area contributed by atoms with E-state index < -0.39 is 0 Å². The van der Waals surface area contributed by atoms with E-state index in [9.17, 15) is 4.79 Å². The highest BCUT2D eigenvalue weighted by Crippen LogP contribution is 2.37. The summed E-state index contributed by atoms with van der Waals surface area (Å²) in [5.74, 6) is 1.56. The number of amides is 1. The number of aromatic nitrogens is 2. The first kappa shape index (κ1) is 16.0. The van der Waals surface area contributed by atoms with E-state index in [0.717, 1.165) is 41.5 Å². The van der Waals surface area contributed by atoms with Gasteiger partial charge in [-0.2, -0.15) is 5.10 Å². The van der Waals surface area contributed by atoms with Crippen molar-refractivity contribution in [3.05, 3.63) is 41.2 Å². The molecule has 25 heavy (non-hydrogen) atoms. The molecule has 6 heteroatoms. The van der Waals surface area contributed by atoms with Gasteiger partial charge in [-0.3, -0.25) is 9.48 Å². The van der Waals surface area contributed by atoms with Crippen molar-refractivity contribution in [2.24, 2.45) is 5.92 Å². The van der Waals surface area contributed by atoms with E-state index >= 15 is 0 Å². The van der Waals surface area contributed by atoms with E-state index in [4.69, 9.17) is 9.47 Å². The third kappa shape index (κ3) is 2.75. The van der Waals surface area contributed by atoms with Crippen molar-refractivity contribution in [1.29, 1.82) is 0 Å². The van der Waals surface area contributed by atoms with Crippen molar-refractivity contribution in [2.45, 2.75) is 26.3 Å². The molecule has 0 unspecified atom stereocenters. The van der Waals surface area contributed by atoms with Crippen molar-refractivity contribution < 1.29 is 14.3 Å². The quantitative estimate of drug-likeness (QED) is 0.858. The maximum absolute atomic E-state index is 12.8. The molecule has 0 N–H and O–H groups in total. The lowest BCUT2D eigenvalue weighted by Crippen LogP contribution is -2.54. The molecule has 1 aromatic carbocycles. The average Bonchev–Trinajstić information content (AvgIpc) is 2.90. The molecule has 1 aromatic heterocycles. The summed E-state index contributed by atoms with van der Waals surface area (Å²) in [4.78, 5) is 14.7. The van der Waals surface area contributed by atoms with Crippen LogP contribution in [-0.2, 0) is 11.2 Å². The second-order valence-corrected chi connectivity index (χ2v) is 6.93. The summed E-state index contributed by atoms with van der Waals surface area (Å²) in [6, 6.07) is 8.19. The fourth-order valence-corrected chi connectivity index (χ4v) is 3.78. The van der Waals surface area contributed by atoms with Gasteiger partial charge < -0.3 is 14.4 Å². The van der Waals surface area contributed by atoms with Crippen LogP contribution in [0.5, 0.6) is 11.5 Å². The average molecular weight is 341 g/mol. The summed E-state index contributed by atoms with van der Waals surface area (Å²) < 4.78 is 13.2. The zero-order valence-electron chi connectivity index (χ0n) is 14.9. The van der Waals surface area contributed by atoms with Gasteiger partial charge >= 0.3 is 0 Å². The number of ether oxygens (including phenoxy) is 2. The molecule has 4 rings (SSSR count). The number of rotatable bonds is 3. The van der Waals surface area contributed by atoms with E-state index in [2.05, 4.69) is 18.1 Å². The number of carbonyl (C=O) groups excluding carboxylic acids is 1. The van der Waals surface area contributed by atoms with E-state index in [1.165, 1.54) is 0 Å². The Hall–Kier alpha value is -2.50. The lowest BCUT2D eigenvalue weighted by molar-refractivity contribution is -0.143. The van der Waals surface area contributed by atoms with Gasteiger partial charge in [0.15, 0.2) is 11.5 Å². The Kier molecular flexibility index (Phi) is 3.90. The Bertz CT molecular complexity index is 808. The van der Waals surface area contributed by atoms with Crippen LogP contribution in [0.25, 0.3) is 0 Å². The Balaban J connectivity index is 1.41. The molecular formula is C19H23N3O3. The number of para-hydroxylation sites is 1. The van der Waals surface area contributed by atoms with Gasteiger partial charge in [-0.15, -0.1) is 0 Å². The first-order valence-electron chi connectivity index (χ1n) is 8.67. The molecule has 0 aliphatic carbocycles. The topological polar surface area (TPSA) is 56.6 Å². The Morgan fingerprint density at radius 3 is 2.80 bits per heavy atom. The number of likely N-dealkylation sites (tertiary alicyclic amines) is 1. The van der Waals surface area contributed by atoms with Crippen LogP contribution in [0.3, 0.4) is 0 Å². The van der Waals surface area contributed by atoms with Crippen molar-refractivity contribution >= 4 is 5.91 Å². The second kappa shape index (κ2) is 6.10. The minimum Gasteiger partial charge on any atom is -0.493 e. The maximum atomic E-state index is 12.8. The summed E-state index contributed by atoms with van der Waals surface area (Å²) in [6.45, 7) is 5.91. The zero-order chi connectivity index (χ0) is 17.6. The molecule has 1 atom stereocenters. The molecule has 3 heterocycles. The summed E-state index contributed by atoms with van der Waals surface area (Å²) in [5.41, 5.74) is 3.21. The van der Waals surface area contributed by atoms with Gasteiger partial charge in [0.05, 0.1) is 24.8 Å². The fraction of sp³-hybridized carbons (Fsp3) is 0.474. The first-order chi connectivity index (χ1) is 12.1. The number of fused-ring (bicyclic) bond motifs is 1. The summed E-state index contributed by atoms with van der Waals surface area (Å²) in [6.07, 6.45) is 0.701. The summed E-state index contributed by atoms with van der Waals surface area (Å²) >= 11 is 0. The van der Waals surface area contributed by atoms with E-state index in [-0.39, 0.29) is 17.9 Å². The van der Waals surface area contributed by atoms with Crippen LogP contribution in [0.1, 0.15) is 23.0 Å². The molecule has 132 valence electrons. The van der Waals surface area contributed by atoms with Gasteiger partial charge in [-0.1, -0.05) is 12.1 Å². The number of hydrogen-bond donors (Lipinski definition) is 0. The molecule has 1 saturated heterocycles. The van der Waals surface area contributed by atoms with Crippen LogP contribution in [0.15, 0.2) is 24.3 Å². The molecule has 0 saturated carbocycles. The smallest absolute Gasteiger partial charge is 0.229 e. The molecule has 1 amide bonds. The Labute approximate surface area is 147 Å². The number of hydrogen-bond acceptors (Lipinski definition) is 4. The van der Waals surface area contributed by atoms with Crippen LogP contribution < -0.4 is 9.47 Å². The molecular weight excluding hydrogens is 318 g/mol. The van der Waals surface area contributed by atoms with Gasteiger partial charge in [0.25, 0.3) is 0 Å². The van der Waals surface area contributed by atoms with Crippen LogP contribution >= 0.6 is 0 Å². The van der Waals surface area contributed by atoms with Crippen molar-refractivity contribution in [3.8, 4) is 11.5 Å². The Morgan fingerprint density at radius 1 is 1.32 bits per heavy atom. The van der Waals surface area contributed by atoms with Crippen LogP contribution in [0, 0.1) is 19.8 Å². The molecule has 2 aliphatic rings. The monoisotopic (exact) mass is 341 g/mol. The van der Waals surface area contributed by atoms with E-state index in [0.29, 0.717) is 13.0 Å². The van der Waals surface area contributed by atoms with Gasteiger partial charge in [-0.25, -0.2) is 0 Å². The summed E-state index contributed by atoms with van der Waals surface area (Å²) in [7, 11) is 1.63. The second-order valence-electron chi connectivity index (χ2n) is 6.93. The van der Waals surface area contributed by atoms with Gasteiger partial charge in [-0.05, 0) is 38.0 Å². The number of aryl methyl sites for hydroxylation is 2. The normalized spacial score (nSPS) is 19.8. The lowest BCUT2D eigenvalue weighted by Gasteiger charge is -2.42. The predicted molar refractivity (Wildman–Crippen MR) is 93.0 cm³/mol. The molecule has 0 radical (unpaired) electrons. The first-order valence-corrected chi connectivity index (χ1v) is 8.67. The minimum absolute atomic E-state index is 0.124. The van der Waals surface area contributed by atoms with Gasteiger partial charge in [0.1, 0.15) is 6.61 Å². The standard InChI is InChI=1S/C19H23N3O3/c1-12-7-13(2)22(20-12)16-9-21(10-16)19(23)15-8-14-5-4-6-17(24-3)18(14)25-11-15/h4-7,15-16H,8-11H2,1-3H3/t15-/m1/s1. The zero-order valence-corrected chi connectivity index (χ0v) is 14.9. The third-order valence-corrected chi connectivity index (χ3v) is 5.09. The molecule has 0 bridgehead atoms. The highest BCUT2D eigenvalue weighted by molar-refractivity contribution is 5.80. The number of nitrogens with zero attached hydrogens (tertiary/aromatic N) is 3. The van der Waals surface area contributed by atoms with Crippen molar-refractivity contribution in [1.82, 2.24) is 14.7 Å². The summed E-state index contributed by atoms with van der Waals surface area (Å²) in [5, 5.41) is 4.53. The molecule has 1 fully saturated rings. The fourth-order valence-electron chi connectivity index (χ4n) is 3.78. The van der Waals surface area contributed by atoms with Crippen molar-refractivity contribution in [3.63, 3.8) is 0 Å². The Morgan fingerprint density at radius 2 is 2.12 bits per heavy atom. The highest BCUT2D eigenvalue weighted by atomic mass is 16.5.